The molecule has 0 aliphatic heterocycles. The molecule has 0 spiro atoms. The van der Waals surface area contributed by atoms with E-state index in [9.17, 15) is 5.11 Å². The SMILES string of the molecule is CC(C)(O)C#Cc1ccc(Cl)c2ccccc12. The molecule has 0 unspecified atom stereocenters. The third-order valence-corrected chi connectivity index (χ3v) is 2.70. The molecule has 2 aromatic carbocycles. The van der Waals surface area contributed by atoms with E-state index in [0.29, 0.717) is 0 Å². The predicted molar refractivity (Wildman–Crippen MR) is 72.1 cm³/mol. The van der Waals surface area contributed by atoms with Crippen molar-refractivity contribution >= 4 is 22.4 Å². The van der Waals surface area contributed by atoms with Crippen LogP contribution >= 0.6 is 11.6 Å². The molecule has 0 atom stereocenters. The quantitative estimate of drug-likeness (QED) is 0.702. The fourth-order valence-electron chi connectivity index (χ4n) is 1.59. The Bertz CT molecular complexity index is 612. The van der Waals surface area contributed by atoms with E-state index >= 15 is 0 Å². The summed E-state index contributed by atoms with van der Waals surface area (Å²) in [5, 5.41) is 12.3. The summed E-state index contributed by atoms with van der Waals surface area (Å²) < 4.78 is 0. The molecule has 0 saturated heterocycles. The van der Waals surface area contributed by atoms with Gasteiger partial charge in [-0.25, -0.2) is 0 Å². The summed E-state index contributed by atoms with van der Waals surface area (Å²) in [4.78, 5) is 0. The van der Waals surface area contributed by atoms with Crippen molar-refractivity contribution in [1.29, 1.82) is 0 Å². The van der Waals surface area contributed by atoms with Gasteiger partial charge in [-0.3, -0.25) is 0 Å². The molecular weight excluding hydrogens is 232 g/mol. The van der Waals surface area contributed by atoms with Crippen LogP contribution in [0.25, 0.3) is 10.8 Å². The number of benzene rings is 2. The molecule has 0 amide bonds. The highest BCUT2D eigenvalue weighted by molar-refractivity contribution is 6.35. The highest BCUT2D eigenvalue weighted by Gasteiger charge is 2.07. The Balaban J connectivity index is 2.63. The van der Waals surface area contributed by atoms with Gasteiger partial charge in [-0.05, 0) is 31.4 Å². The molecule has 1 N–H and O–H groups in total. The molecule has 2 rings (SSSR count). The number of hydrogen-bond donors (Lipinski definition) is 1. The third-order valence-electron chi connectivity index (χ3n) is 2.37. The Kier molecular flexibility index (Phi) is 3.11. The van der Waals surface area contributed by atoms with Crippen molar-refractivity contribution < 1.29 is 5.11 Å². The summed E-state index contributed by atoms with van der Waals surface area (Å²) in [6, 6.07) is 11.6. The molecule has 17 heavy (non-hydrogen) atoms. The Morgan fingerprint density at radius 2 is 1.71 bits per heavy atom. The number of hydrogen-bond acceptors (Lipinski definition) is 1. The van der Waals surface area contributed by atoms with Gasteiger partial charge in [-0.15, -0.1) is 0 Å². The van der Waals surface area contributed by atoms with Gasteiger partial charge in [0.05, 0.1) is 0 Å². The number of halogens is 1. The largest absolute Gasteiger partial charge is 0.378 e. The van der Waals surface area contributed by atoms with E-state index in [0.717, 1.165) is 21.4 Å². The lowest BCUT2D eigenvalue weighted by atomic mass is 10.0. The van der Waals surface area contributed by atoms with E-state index < -0.39 is 5.60 Å². The van der Waals surface area contributed by atoms with Crippen molar-refractivity contribution in [3.63, 3.8) is 0 Å². The van der Waals surface area contributed by atoms with Crippen LogP contribution in [0.5, 0.6) is 0 Å². The van der Waals surface area contributed by atoms with E-state index in [1.807, 2.05) is 36.4 Å². The molecule has 0 aromatic heterocycles. The number of fused-ring (bicyclic) bond motifs is 1. The zero-order valence-electron chi connectivity index (χ0n) is 9.79. The molecule has 0 fully saturated rings. The van der Waals surface area contributed by atoms with Gasteiger partial charge in [0, 0.05) is 16.0 Å². The first-order chi connectivity index (χ1) is 7.97. The average molecular weight is 245 g/mol. The Hall–Kier alpha value is -1.49. The highest BCUT2D eigenvalue weighted by atomic mass is 35.5. The molecule has 2 heteroatoms. The van der Waals surface area contributed by atoms with Gasteiger partial charge >= 0.3 is 0 Å². The van der Waals surface area contributed by atoms with Crippen LogP contribution in [0.15, 0.2) is 36.4 Å². The van der Waals surface area contributed by atoms with Crippen LogP contribution in [0.3, 0.4) is 0 Å². The Morgan fingerprint density at radius 1 is 1.06 bits per heavy atom. The van der Waals surface area contributed by atoms with E-state index in [4.69, 9.17) is 11.6 Å². The maximum absolute atomic E-state index is 9.61. The minimum absolute atomic E-state index is 0.717. The van der Waals surface area contributed by atoms with Crippen molar-refractivity contribution in [2.24, 2.45) is 0 Å². The van der Waals surface area contributed by atoms with Crippen LogP contribution in [0.4, 0.5) is 0 Å². The number of aliphatic hydroxyl groups is 1. The van der Waals surface area contributed by atoms with Crippen LogP contribution in [0.1, 0.15) is 19.4 Å². The van der Waals surface area contributed by atoms with Crippen LogP contribution in [0.2, 0.25) is 5.02 Å². The Labute approximate surface area is 106 Å². The normalized spacial score (nSPS) is 11.1. The summed E-state index contributed by atoms with van der Waals surface area (Å²) in [7, 11) is 0. The first-order valence-electron chi connectivity index (χ1n) is 5.40. The summed E-state index contributed by atoms with van der Waals surface area (Å²) in [6.45, 7) is 3.33. The molecule has 1 nitrogen and oxygen atoms in total. The van der Waals surface area contributed by atoms with Crippen molar-refractivity contribution in [3.8, 4) is 11.8 Å². The fourth-order valence-corrected chi connectivity index (χ4v) is 1.82. The summed E-state index contributed by atoms with van der Waals surface area (Å²) in [5.74, 6) is 5.81. The second-order valence-electron chi connectivity index (χ2n) is 4.45. The average Bonchev–Trinajstić information content (AvgIpc) is 2.27. The highest BCUT2D eigenvalue weighted by Crippen LogP contribution is 2.25. The minimum atomic E-state index is -0.985. The maximum atomic E-state index is 9.61. The van der Waals surface area contributed by atoms with E-state index in [-0.39, 0.29) is 0 Å². The van der Waals surface area contributed by atoms with E-state index in [1.54, 1.807) is 13.8 Å². The fraction of sp³-hybridized carbons (Fsp3) is 0.200. The summed E-state index contributed by atoms with van der Waals surface area (Å²) in [5.41, 5.74) is -0.104. The van der Waals surface area contributed by atoms with Gasteiger partial charge < -0.3 is 5.11 Å². The van der Waals surface area contributed by atoms with Crippen molar-refractivity contribution in [2.45, 2.75) is 19.4 Å². The molecule has 86 valence electrons. The minimum Gasteiger partial charge on any atom is -0.378 e. The lowest BCUT2D eigenvalue weighted by molar-refractivity contribution is 0.143. The molecule has 0 aliphatic rings. The van der Waals surface area contributed by atoms with Crippen LogP contribution in [0, 0.1) is 11.8 Å². The lowest BCUT2D eigenvalue weighted by Gasteiger charge is -2.07. The molecule has 0 bridgehead atoms. The van der Waals surface area contributed by atoms with Gasteiger partial charge in [-0.1, -0.05) is 47.7 Å². The molecule has 0 aliphatic carbocycles. The van der Waals surface area contributed by atoms with Gasteiger partial charge in [0.1, 0.15) is 5.60 Å². The second-order valence-corrected chi connectivity index (χ2v) is 4.86. The summed E-state index contributed by atoms with van der Waals surface area (Å²) in [6.07, 6.45) is 0. The van der Waals surface area contributed by atoms with Gasteiger partial charge in [0.25, 0.3) is 0 Å². The van der Waals surface area contributed by atoms with E-state index in [2.05, 4.69) is 11.8 Å². The van der Waals surface area contributed by atoms with Crippen molar-refractivity contribution in [2.75, 3.05) is 0 Å². The molecular formula is C15H13ClO. The maximum Gasteiger partial charge on any atom is 0.120 e. The summed E-state index contributed by atoms with van der Waals surface area (Å²) >= 11 is 6.12. The van der Waals surface area contributed by atoms with Crippen LogP contribution < -0.4 is 0 Å². The molecule has 0 radical (unpaired) electrons. The van der Waals surface area contributed by atoms with Crippen molar-refractivity contribution in [3.05, 3.63) is 47.0 Å². The third kappa shape index (κ3) is 2.79. The smallest absolute Gasteiger partial charge is 0.120 e. The zero-order chi connectivity index (χ0) is 12.5. The first kappa shape index (κ1) is 12.0. The van der Waals surface area contributed by atoms with Gasteiger partial charge in [0.15, 0.2) is 0 Å². The topological polar surface area (TPSA) is 20.2 Å². The monoisotopic (exact) mass is 244 g/mol. The van der Waals surface area contributed by atoms with Crippen LogP contribution in [-0.4, -0.2) is 10.7 Å². The molecule has 2 aromatic rings. The molecule has 0 saturated carbocycles. The van der Waals surface area contributed by atoms with Crippen molar-refractivity contribution in [1.82, 2.24) is 0 Å². The standard InChI is InChI=1S/C15H13ClO/c1-15(2,17)10-9-11-7-8-14(16)13-6-4-3-5-12(11)13/h3-8,17H,1-2H3. The van der Waals surface area contributed by atoms with E-state index in [1.165, 1.54) is 0 Å². The lowest BCUT2D eigenvalue weighted by Crippen LogP contribution is -2.14. The van der Waals surface area contributed by atoms with Gasteiger partial charge in [-0.2, -0.15) is 0 Å². The number of rotatable bonds is 0. The van der Waals surface area contributed by atoms with Gasteiger partial charge in [0.2, 0.25) is 0 Å². The molecule has 0 heterocycles. The second kappa shape index (κ2) is 4.41. The Morgan fingerprint density at radius 3 is 2.35 bits per heavy atom. The van der Waals surface area contributed by atoms with Crippen LogP contribution in [-0.2, 0) is 0 Å². The first-order valence-corrected chi connectivity index (χ1v) is 5.78. The predicted octanol–water partition coefficient (Wildman–Crippen LogP) is 3.62. The zero-order valence-corrected chi connectivity index (χ0v) is 10.5.